The number of rotatable bonds is 8. The summed E-state index contributed by atoms with van der Waals surface area (Å²) in [6.45, 7) is 4.42. The molecule has 30 heavy (non-hydrogen) atoms. The maximum atomic E-state index is 13.9. The van der Waals surface area contributed by atoms with Crippen LogP contribution < -0.4 is 4.74 Å². The van der Waals surface area contributed by atoms with E-state index in [9.17, 15) is 4.39 Å². The second-order valence-electron chi connectivity index (χ2n) is 7.59. The Morgan fingerprint density at radius 1 is 1.20 bits per heavy atom. The van der Waals surface area contributed by atoms with Gasteiger partial charge in [-0.3, -0.25) is 4.90 Å². The minimum Gasteiger partial charge on any atom is -0.496 e. The number of methoxy groups -OCH3 is 1. The Hall–Kier alpha value is -2.77. The quantitative estimate of drug-likeness (QED) is 0.548. The van der Waals surface area contributed by atoms with E-state index in [2.05, 4.69) is 21.1 Å². The van der Waals surface area contributed by atoms with Crippen LogP contribution >= 0.6 is 0 Å². The normalized spacial score (nSPS) is 16.3. The van der Waals surface area contributed by atoms with Crippen molar-refractivity contribution in [1.29, 1.82) is 0 Å². The van der Waals surface area contributed by atoms with Crippen molar-refractivity contribution in [2.24, 2.45) is 0 Å². The van der Waals surface area contributed by atoms with Crippen molar-refractivity contribution in [3.63, 3.8) is 0 Å². The second kappa shape index (κ2) is 9.36. The third kappa shape index (κ3) is 4.86. The summed E-state index contributed by atoms with van der Waals surface area (Å²) in [6, 6.07) is 12.9. The Morgan fingerprint density at radius 2 is 2.07 bits per heavy atom. The van der Waals surface area contributed by atoms with Gasteiger partial charge < -0.3 is 14.0 Å². The molecule has 1 fully saturated rings. The standard InChI is InChI=1S/C23H26FN3O3/c1-16-9-10-17(12-20(16)24)23-25-22(30-26-23)15-27(14-19-7-5-11-29-19)13-18-6-3-4-8-21(18)28-2/h3-4,6,8-10,12,19H,5,7,11,13-15H2,1-2H3/t19-/m1/s1. The summed E-state index contributed by atoms with van der Waals surface area (Å²) in [5.74, 6) is 1.43. The van der Waals surface area contributed by atoms with Crippen molar-refractivity contribution in [3.8, 4) is 17.1 Å². The average molecular weight is 411 g/mol. The van der Waals surface area contributed by atoms with Crippen LogP contribution in [0, 0.1) is 12.7 Å². The van der Waals surface area contributed by atoms with Gasteiger partial charge in [0.15, 0.2) is 0 Å². The molecule has 7 heteroatoms. The minimum absolute atomic E-state index is 0.188. The van der Waals surface area contributed by atoms with Crippen LogP contribution in [0.15, 0.2) is 47.0 Å². The molecule has 2 heterocycles. The van der Waals surface area contributed by atoms with Gasteiger partial charge in [0, 0.05) is 30.8 Å². The highest BCUT2D eigenvalue weighted by Gasteiger charge is 2.22. The first-order chi connectivity index (χ1) is 14.6. The predicted molar refractivity (Wildman–Crippen MR) is 111 cm³/mol. The SMILES string of the molecule is COc1ccccc1CN(Cc1nc(-c2ccc(C)c(F)c2)no1)C[C@H]1CCCO1. The summed E-state index contributed by atoms with van der Waals surface area (Å²) in [6.07, 6.45) is 2.31. The molecule has 1 aromatic heterocycles. The molecule has 0 spiro atoms. The number of halogens is 1. The van der Waals surface area contributed by atoms with Crippen LogP contribution in [0.2, 0.25) is 0 Å². The highest BCUT2D eigenvalue weighted by atomic mass is 19.1. The Kier molecular flexibility index (Phi) is 6.40. The maximum Gasteiger partial charge on any atom is 0.241 e. The first-order valence-electron chi connectivity index (χ1n) is 10.2. The molecule has 6 nitrogen and oxygen atoms in total. The van der Waals surface area contributed by atoms with Gasteiger partial charge >= 0.3 is 0 Å². The van der Waals surface area contributed by atoms with Gasteiger partial charge in [0.1, 0.15) is 11.6 Å². The number of hydrogen-bond acceptors (Lipinski definition) is 6. The third-order valence-electron chi connectivity index (χ3n) is 5.33. The van der Waals surface area contributed by atoms with Crippen molar-refractivity contribution in [2.45, 2.75) is 39.0 Å². The Bertz CT molecular complexity index is 985. The Balaban J connectivity index is 1.52. The van der Waals surface area contributed by atoms with Crippen LogP contribution in [-0.2, 0) is 17.8 Å². The Labute approximate surface area is 175 Å². The van der Waals surface area contributed by atoms with Crippen molar-refractivity contribution < 1.29 is 18.4 Å². The molecule has 158 valence electrons. The van der Waals surface area contributed by atoms with Gasteiger partial charge in [0.2, 0.25) is 11.7 Å². The molecule has 3 aromatic rings. The van der Waals surface area contributed by atoms with Gasteiger partial charge in [-0.15, -0.1) is 0 Å². The summed E-state index contributed by atoms with van der Waals surface area (Å²) in [7, 11) is 1.67. The van der Waals surface area contributed by atoms with E-state index in [-0.39, 0.29) is 11.9 Å². The summed E-state index contributed by atoms with van der Waals surface area (Å²) in [5, 5.41) is 4.05. The molecule has 1 atom stereocenters. The first kappa shape index (κ1) is 20.5. The van der Waals surface area contributed by atoms with Gasteiger partial charge in [-0.1, -0.05) is 35.5 Å². The number of aryl methyl sites for hydroxylation is 1. The zero-order chi connectivity index (χ0) is 20.9. The van der Waals surface area contributed by atoms with E-state index in [1.807, 2.05) is 18.2 Å². The lowest BCUT2D eigenvalue weighted by Gasteiger charge is -2.24. The third-order valence-corrected chi connectivity index (χ3v) is 5.33. The molecule has 0 unspecified atom stereocenters. The minimum atomic E-state index is -0.282. The van der Waals surface area contributed by atoms with Gasteiger partial charge in [-0.05, 0) is 37.5 Å². The smallest absolute Gasteiger partial charge is 0.241 e. The number of para-hydroxylation sites is 1. The van der Waals surface area contributed by atoms with Gasteiger partial charge in [0.25, 0.3) is 0 Å². The van der Waals surface area contributed by atoms with Crippen molar-refractivity contribution in [2.75, 3.05) is 20.3 Å². The molecule has 0 saturated carbocycles. The van der Waals surface area contributed by atoms with Crippen LogP contribution in [0.25, 0.3) is 11.4 Å². The van der Waals surface area contributed by atoms with E-state index >= 15 is 0 Å². The maximum absolute atomic E-state index is 13.9. The monoisotopic (exact) mass is 411 g/mol. The van der Waals surface area contributed by atoms with E-state index in [0.717, 1.165) is 37.3 Å². The molecular weight excluding hydrogens is 385 g/mol. The zero-order valence-electron chi connectivity index (χ0n) is 17.3. The fourth-order valence-electron chi connectivity index (χ4n) is 3.70. The van der Waals surface area contributed by atoms with E-state index < -0.39 is 0 Å². The van der Waals surface area contributed by atoms with Crippen LogP contribution in [0.3, 0.4) is 0 Å². The molecule has 4 rings (SSSR count). The van der Waals surface area contributed by atoms with Crippen molar-refractivity contribution in [1.82, 2.24) is 15.0 Å². The highest BCUT2D eigenvalue weighted by Crippen LogP contribution is 2.23. The van der Waals surface area contributed by atoms with E-state index in [4.69, 9.17) is 14.0 Å². The van der Waals surface area contributed by atoms with Crippen LogP contribution in [0.5, 0.6) is 5.75 Å². The van der Waals surface area contributed by atoms with Gasteiger partial charge in [0.05, 0.1) is 19.8 Å². The molecule has 0 N–H and O–H groups in total. The fourth-order valence-corrected chi connectivity index (χ4v) is 3.70. The van der Waals surface area contributed by atoms with Crippen molar-refractivity contribution >= 4 is 0 Å². The lowest BCUT2D eigenvalue weighted by atomic mass is 10.1. The Morgan fingerprint density at radius 3 is 2.83 bits per heavy atom. The number of nitrogens with zero attached hydrogens (tertiary/aromatic N) is 3. The molecule has 2 aromatic carbocycles. The van der Waals surface area contributed by atoms with Crippen LogP contribution in [-0.4, -0.2) is 41.4 Å². The second-order valence-corrected chi connectivity index (χ2v) is 7.59. The molecular formula is C23H26FN3O3. The van der Waals surface area contributed by atoms with Crippen molar-refractivity contribution in [3.05, 3.63) is 65.3 Å². The largest absolute Gasteiger partial charge is 0.496 e. The zero-order valence-corrected chi connectivity index (χ0v) is 17.3. The fraction of sp³-hybridized carbons (Fsp3) is 0.391. The summed E-state index contributed by atoms with van der Waals surface area (Å²) in [5.41, 5.74) is 2.27. The average Bonchev–Trinajstić information content (AvgIpc) is 3.43. The summed E-state index contributed by atoms with van der Waals surface area (Å²) >= 11 is 0. The first-order valence-corrected chi connectivity index (χ1v) is 10.2. The topological polar surface area (TPSA) is 60.6 Å². The predicted octanol–water partition coefficient (Wildman–Crippen LogP) is 4.37. The molecule has 1 saturated heterocycles. The van der Waals surface area contributed by atoms with E-state index in [0.29, 0.717) is 35.9 Å². The highest BCUT2D eigenvalue weighted by molar-refractivity contribution is 5.54. The number of aromatic nitrogens is 2. The molecule has 1 aliphatic rings. The van der Waals surface area contributed by atoms with Gasteiger partial charge in [-0.25, -0.2) is 4.39 Å². The van der Waals surface area contributed by atoms with Gasteiger partial charge in [-0.2, -0.15) is 4.98 Å². The molecule has 0 radical (unpaired) electrons. The molecule has 1 aliphatic heterocycles. The van der Waals surface area contributed by atoms with E-state index in [1.54, 1.807) is 26.2 Å². The number of ether oxygens (including phenoxy) is 2. The molecule has 0 aliphatic carbocycles. The van der Waals surface area contributed by atoms with Crippen LogP contribution in [0.4, 0.5) is 4.39 Å². The summed E-state index contributed by atoms with van der Waals surface area (Å²) < 4.78 is 30.7. The summed E-state index contributed by atoms with van der Waals surface area (Å²) in [4.78, 5) is 6.71. The van der Waals surface area contributed by atoms with Crippen LogP contribution in [0.1, 0.15) is 29.9 Å². The lowest BCUT2D eigenvalue weighted by molar-refractivity contribution is 0.0637. The van der Waals surface area contributed by atoms with E-state index in [1.165, 1.54) is 6.07 Å². The lowest BCUT2D eigenvalue weighted by Crippen LogP contribution is -2.31. The number of hydrogen-bond donors (Lipinski definition) is 0. The number of benzene rings is 2. The molecule has 0 bridgehead atoms. The molecule has 0 amide bonds.